The molecule has 5 aromatic rings. The van der Waals surface area contributed by atoms with Crippen LogP contribution < -0.4 is 0 Å². The maximum atomic E-state index is 4.88. The summed E-state index contributed by atoms with van der Waals surface area (Å²) in [5.74, 6) is 1.92. The third kappa shape index (κ3) is 5.07. The summed E-state index contributed by atoms with van der Waals surface area (Å²) in [7, 11) is 0. The van der Waals surface area contributed by atoms with E-state index in [2.05, 4.69) is 55.5 Å². The Hall–Kier alpha value is -4.44. The van der Waals surface area contributed by atoms with Crippen LogP contribution in [-0.4, -0.2) is 20.7 Å². The number of benzene rings is 4. The molecule has 0 radical (unpaired) electrons. The molecule has 1 heterocycles. The molecule has 5 rings (SSSR count). The van der Waals surface area contributed by atoms with Crippen molar-refractivity contribution in [3.05, 3.63) is 109 Å². The SMILES string of the molecule is CC(C)=Nc1cc(-c2nc(-c3ccccc3)nc(-c3ccc(-c4ccccc4)cc3)n2)ccc1C. The molecular weight excluding hydrogens is 428 g/mol. The lowest BCUT2D eigenvalue weighted by molar-refractivity contribution is 1.07. The van der Waals surface area contributed by atoms with Gasteiger partial charge in [0.2, 0.25) is 0 Å². The largest absolute Gasteiger partial charge is 0.258 e. The van der Waals surface area contributed by atoms with Crippen LogP contribution in [-0.2, 0) is 0 Å². The van der Waals surface area contributed by atoms with E-state index >= 15 is 0 Å². The second kappa shape index (κ2) is 9.82. The molecule has 0 aliphatic rings. The average Bonchev–Trinajstić information content (AvgIpc) is 2.90. The van der Waals surface area contributed by atoms with Gasteiger partial charge in [0.1, 0.15) is 0 Å². The van der Waals surface area contributed by atoms with Gasteiger partial charge in [0.05, 0.1) is 5.69 Å². The Labute approximate surface area is 206 Å². The van der Waals surface area contributed by atoms with Crippen LogP contribution in [0.3, 0.4) is 0 Å². The Morgan fingerprint density at radius 3 is 1.51 bits per heavy atom. The lowest BCUT2D eigenvalue weighted by atomic mass is 10.0. The van der Waals surface area contributed by atoms with E-state index in [1.54, 1.807) is 0 Å². The molecule has 1 aromatic heterocycles. The first-order chi connectivity index (χ1) is 17.1. The molecule has 0 fully saturated rings. The smallest absolute Gasteiger partial charge is 0.164 e. The summed E-state index contributed by atoms with van der Waals surface area (Å²) in [6.07, 6.45) is 0. The minimum atomic E-state index is 0.631. The number of hydrogen-bond donors (Lipinski definition) is 0. The quantitative estimate of drug-likeness (QED) is 0.253. The van der Waals surface area contributed by atoms with Crippen LogP contribution in [0.25, 0.3) is 45.3 Å². The monoisotopic (exact) mass is 454 g/mol. The zero-order valence-electron chi connectivity index (χ0n) is 20.1. The normalized spacial score (nSPS) is 10.7. The van der Waals surface area contributed by atoms with Crippen LogP contribution in [0.5, 0.6) is 0 Å². The first kappa shape index (κ1) is 22.4. The lowest BCUT2D eigenvalue weighted by Gasteiger charge is -2.10. The van der Waals surface area contributed by atoms with Gasteiger partial charge in [-0.2, -0.15) is 0 Å². The number of aryl methyl sites for hydroxylation is 1. The van der Waals surface area contributed by atoms with Crippen LogP contribution >= 0.6 is 0 Å². The van der Waals surface area contributed by atoms with Gasteiger partial charge in [-0.25, -0.2) is 15.0 Å². The van der Waals surface area contributed by atoms with Gasteiger partial charge in [0, 0.05) is 22.4 Å². The fourth-order valence-electron chi connectivity index (χ4n) is 3.90. The van der Waals surface area contributed by atoms with E-state index in [-0.39, 0.29) is 0 Å². The van der Waals surface area contributed by atoms with E-state index in [1.807, 2.05) is 68.4 Å². The molecule has 0 bridgehead atoms. The van der Waals surface area contributed by atoms with E-state index in [0.29, 0.717) is 17.5 Å². The van der Waals surface area contributed by atoms with Crippen molar-refractivity contribution in [2.45, 2.75) is 20.8 Å². The highest BCUT2D eigenvalue weighted by atomic mass is 15.0. The van der Waals surface area contributed by atoms with Gasteiger partial charge in [0.25, 0.3) is 0 Å². The van der Waals surface area contributed by atoms with E-state index < -0.39 is 0 Å². The van der Waals surface area contributed by atoms with Crippen LogP contribution in [0.4, 0.5) is 5.69 Å². The maximum absolute atomic E-state index is 4.88. The molecule has 0 unspecified atom stereocenters. The van der Waals surface area contributed by atoms with E-state index in [0.717, 1.165) is 39.2 Å². The highest BCUT2D eigenvalue weighted by molar-refractivity contribution is 5.83. The standard InChI is InChI=1S/C31H26N4/c1-21(2)32-28-20-27(15-14-22(28)3)31-34-29(25-12-8-5-9-13-25)33-30(35-31)26-18-16-24(17-19-26)23-10-6-4-7-11-23/h4-20H,1-3H3. The van der Waals surface area contributed by atoms with Crippen molar-refractivity contribution in [1.29, 1.82) is 0 Å². The topological polar surface area (TPSA) is 51.0 Å². The minimum Gasteiger partial charge on any atom is -0.258 e. The van der Waals surface area contributed by atoms with Gasteiger partial charge in [-0.1, -0.05) is 97.1 Å². The van der Waals surface area contributed by atoms with E-state index in [9.17, 15) is 0 Å². The molecule has 4 heteroatoms. The van der Waals surface area contributed by atoms with E-state index in [4.69, 9.17) is 19.9 Å². The minimum absolute atomic E-state index is 0.631. The van der Waals surface area contributed by atoms with Crippen molar-refractivity contribution in [2.75, 3.05) is 0 Å². The highest BCUT2D eigenvalue weighted by Crippen LogP contribution is 2.29. The highest BCUT2D eigenvalue weighted by Gasteiger charge is 2.13. The predicted molar refractivity (Wildman–Crippen MR) is 145 cm³/mol. The predicted octanol–water partition coefficient (Wildman–Crippen LogP) is 7.96. The van der Waals surface area contributed by atoms with Crippen molar-refractivity contribution in [3.63, 3.8) is 0 Å². The first-order valence-corrected chi connectivity index (χ1v) is 11.7. The molecule has 0 saturated carbocycles. The van der Waals surface area contributed by atoms with Crippen molar-refractivity contribution >= 4 is 11.4 Å². The summed E-state index contributed by atoms with van der Waals surface area (Å²) in [5, 5.41) is 0. The molecule has 4 nitrogen and oxygen atoms in total. The molecule has 0 spiro atoms. The number of hydrogen-bond acceptors (Lipinski definition) is 4. The molecule has 0 saturated heterocycles. The molecule has 4 aromatic carbocycles. The van der Waals surface area contributed by atoms with Crippen LogP contribution in [0.1, 0.15) is 19.4 Å². The van der Waals surface area contributed by atoms with Gasteiger partial charge >= 0.3 is 0 Å². The summed E-state index contributed by atoms with van der Waals surface area (Å²) in [6.45, 7) is 6.06. The van der Waals surface area contributed by atoms with Crippen LogP contribution in [0, 0.1) is 6.92 Å². The first-order valence-electron chi connectivity index (χ1n) is 11.7. The summed E-state index contributed by atoms with van der Waals surface area (Å²) >= 11 is 0. The van der Waals surface area contributed by atoms with Gasteiger partial charge < -0.3 is 0 Å². The Morgan fingerprint density at radius 2 is 0.943 bits per heavy atom. The third-order valence-corrected chi connectivity index (χ3v) is 5.73. The van der Waals surface area contributed by atoms with Crippen molar-refractivity contribution in [3.8, 4) is 45.3 Å². The second-order valence-corrected chi connectivity index (χ2v) is 8.68. The van der Waals surface area contributed by atoms with Gasteiger partial charge in [-0.3, -0.25) is 4.99 Å². The number of nitrogens with zero attached hydrogens (tertiary/aromatic N) is 4. The van der Waals surface area contributed by atoms with Crippen LogP contribution in [0.2, 0.25) is 0 Å². The molecule has 35 heavy (non-hydrogen) atoms. The molecule has 0 aliphatic heterocycles. The van der Waals surface area contributed by atoms with Gasteiger partial charge in [-0.15, -0.1) is 0 Å². The zero-order chi connectivity index (χ0) is 24.2. The van der Waals surface area contributed by atoms with E-state index in [1.165, 1.54) is 5.56 Å². The molecule has 0 amide bonds. The fraction of sp³-hybridized carbons (Fsp3) is 0.0968. The summed E-state index contributed by atoms with van der Waals surface area (Å²) < 4.78 is 0. The second-order valence-electron chi connectivity index (χ2n) is 8.68. The lowest BCUT2D eigenvalue weighted by Crippen LogP contribution is -2.00. The van der Waals surface area contributed by atoms with Crippen molar-refractivity contribution in [2.24, 2.45) is 4.99 Å². The number of rotatable bonds is 5. The Balaban J connectivity index is 1.62. The number of aromatic nitrogens is 3. The average molecular weight is 455 g/mol. The molecule has 170 valence electrons. The molecular formula is C31H26N4. The molecule has 0 aliphatic carbocycles. The third-order valence-electron chi connectivity index (χ3n) is 5.73. The van der Waals surface area contributed by atoms with Crippen molar-refractivity contribution < 1.29 is 0 Å². The Morgan fingerprint density at radius 1 is 0.514 bits per heavy atom. The van der Waals surface area contributed by atoms with Crippen molar-refractivity contribution in [1.82, 2.24) is 15.0 Å². The summed E-state index contributed by atoms with van der Waals surface area (Å²) in [5.41, 5.74) is 8.19. The zero-order valence-corrected chi connectivity index (χ0v) is 20.1. The molecule has 0 N–H and O–H groups in total. The molecule has 0 atom stereocenters. The Bertz CT molecular complexity index is 1490. The van der Waals surface area contributed by atoms with Crippen LogP contribution in [0.15, 0.2) is 108 Å². The van der Waals surface area contributed by atoms with Gasteiger partial charge in [-0.05, 0) is 43.5 Å². The number of aliphatic imine (C=N–C) groups is 1. The fourth-order valence-corrected chi connectivity index (χ4v) is 3.90. The summed E-state index contributed by atoms with van der Waals surface area (Å²) in [4.78, 5) is 19.3. The summed E-state index contributed by atoms with van der Waals surface area (Å²) in [6, 6.07) is 34.9. The Kier molecular flexibility index (Phi) is 6.27. The van der Waals surface area contributed by atoms with Gasteiger partial charge in [0.15, 0.2) is 17.5 Å². The maximum Gasteiger partial charge on any atom is 0.164 e.